The molecule has 0 aliphatic heterocycles. The minimum Gasteiger partial charge on any atom is -0.478 e. The van der Waals surface area contributed by atoms with Gasteiger partial charge in [0.2, 0.25) is 0 Å². The Labute approximate surface area is 87.4 Å². The topological polar surface area (TPSA) is 54.4 Å². The summed E-state index contributed by atoms with van der Waals surface area (Å²) in [5, 5.41) is 8.40. The van der Waals surface area contributed by atoms with Gasteiger partial charge in [0.15, 0.2) is 5.78 Å². The van der Waals surface area contributed by atoms with Crippen molar-refractivity contribution in [2.75, 3.05) is 0 Å². The van der Waals surface area contributed by atoms with Crippen LogP contribution in [-0.4, -0.2) is 16.9 Å². The minimum atomic E-state index is -0.999. The fraction of sp³-hybridized carbons (Fsp3) is 0. The molecule has 1 aromatic carbocycles. The molecule has 0 unspecified atom stereocenters. The SMILES string of the molecule is C=CC(=O)c1ccc(/C=C/C(=O)O)cc1. The van der Waals surface area contributed by atoms with E-state index in [0.29, 0.717) is 5.56 Å². The highest BCUT2D eigenvalue weighted by atomic mass is 16.4. The van der Waals surface area contributed by atoms with E-state index in [1.165, 1.54) is 12.2 Å². The maximum absolute atomic E-state index is 11.2. The molecular weight excluding hydrogens is 192 g/mol. The van der Waals surface area contributed by atoms with Gasteiger partial charge in [0.05, 0.1) is 0 Å². The van der Waals surface area contributed by atoms with Crippen molar-refractivity contribution in [3.63, 3.8) is 0 Å². The van der Waals surface area contributed by atoms with E-state index in [-0.39, 0.29) is 5.78 Å². The van der Waals surface area contributed by atoms with E-state index >= 15 is 0 Å². The zero-order valence-corrected chi connectivity index (χ0v) is 8.01. The van der Waals surface area contributed by atoms with Crippen molar-refractivity contribution in [3.05, 3.63) is 54.1 Å². The van der Waals surface area contributed by atoms with E-state index in [1.807, 2.05) is 0 Å². The molecule has 1 aromatic rings. The van der Waals surface area contributed by atoms with Gasteiger partial charge in [-0.2, -0.15) is 0 Å². The number of allylic oxidation sites excluding steroid dienone is 1. The Balaban J connectivity index is 2.85. The number of hydrogen-bond acceptors (Lipinski definition) is 2. The largest absolute Gasteiger partial charge is 0.478 e. The molecule has 0 aromatic heterocycles. The van der Waals surface area contributed by atoms with Gasteiger partial charge in [-0.1, -0.05) is 30.8 Å². The van der Waals surface area contributed by atoms with Crippen LogP contribution in [0.15, 0.2) is 43.0 Å². The Morgan fingerprint density at radius 1 is 1.20 bits per heavy atom. The molecule has 0 atom stereocenters. The Morgan fingerprint density at radius 2 is 1.80 bits per heavy atom. The molecule has 15 heavy (non-hydrogen) atoms. The standard InChI is InChI=1S/C12H10O3/c1-2-11(13)10-6-3-9(4-7-10)5-8-12(14)15/h2-8H,1H2,(H,14,15)/b8-5+. The molecule has 0 saturated heterocycles. The Morgan fingerprint density at radius 3 is 2.27 bits per heavy atom. The second-order valence-electron chi connectivity index (χ2n) is 2.86. The minimum absolute atomic E-state index is 0.149. The summed E-state index contributed by atoms with van der Waals surface area (Å²) in [4.78, 5) is 21.4. The van der Waals surface area contributed by atoms with Gasteiger partial charge in [-0.15, -0.1) is 0 Å². The maximum atomic E-state index is 11.2. The van der Waals surface area contributed by atoms with Gasteiger partial charge in [-0.3, -0.25) is 4.79 Å². The first-order valence-corrected chi connectivity index (χ1v) is 4.31. The molecule has 0 fully saturated rings. The molecule has 0 amide bonds. The number of carboxylic acid groups (broad SMARTS) is 1. The average Bonchev–Trinajstić information content (AvgIpc) is 2.26. The molecule has 3 heteroatoms. The zero-order valence-electron chi connectivity index (χ0n) is 8.01. The summed E-state index contributed by atoms with van der Waals surface area (Å²) in [5.41, 5.74) is 1.27. The number of aliphatic carboxylic acids is 1. The summed E-state index contributed by atoms with van der Waals surface area (Å²) in [6, 6.07) is 6.61. The molecule has 0 saturated carbocycles. The van der Waals surface area contributed by atoms with E-state index in [0.717, 1.165) is 11.6 Å². The number of carbonyl (C=O) groups is 2. The van der Waals surface area contributed by atoms with E-state index in [1.54, 1.807) is 24.3 Å². The van der Waals surface area contributed by atoms with Crippen LogP contribution >= 0.6 is 0 Å². The lowest BCUT2D eigenvalue weighted by Crippen LogP contribution is -1.92. The quantitative estimate of drug-likeness (QED) is 0.601. The van der Waals surface area contributed by atoms with Crippen LogP contribution < -0.4 is 0 Å². The van der Waals surface area contributed by atoms with E-state index in [4.69, 9.17) is 5.11 Å². The third-order valence-corrected chi connectivity index (χ3v) is 1.80. The first kappa shape index (κ1) is 10.9. The highest BCUT2D eigenvalue weighted by molar-refractivity contribution is 6.04. The van der Waals surface area contributed by atoms with Crippen LogP contribution in [0.1, 0.15) is 15.9 Å². The number of carboxylic acids is 1. The second-order valence-corrected chi connectivity index (χ2v) is 2.86. The van der Waals surface area contributed by atoms with E-state index in [2.05, 4.69) is 6.58 Å². The van der Waals surface area contributed by atoms with Crippen molar-refractivity contribution >= 4 is 17.8 Å². The van der Waals surface area contributed by atoms with Crippen LogP contribution in [0.3, 0.4) is 0 Å². The summed E-state index contributed by atoms with van der Waals surface area (Å²) >= 11 is 0. The fourth-order valence-electron chi connectivity index (χ4n) is 1.04. The van der Waals surface area contributed by atoms with Crippen molar-refractivity contribution in [3.8, 4) is 0 Å². The molecule has 0 heterocycles. The van der Waals surface area contributed by atoms with Gasteiger partial charge in [0.25, 0.3) is 0 Å². The van der Waals surface area contributed by atoms with Crippen LogP contribution in [0.5, 0.6) is 0 Å². The number of benzene rings is 1. The smallest absolute Gasteiger partial charge is 0.328 e. The van der Waals surface area contributed by atoms with Crippen LogP contribution in [0, 0.1) is 0 Å². The monoisotopic (exact) mass is 202 g/mol. The second kappa shape index (κ2) is 4.91. The summed E-state index contributed by atoms with van der Waals surface area (Å²) in [6.45, 7) is 3.38. The van der Waals surface area contributed by atoms with Gasteiger partial charge >= 0.3 is 5.97 Å². The number of rotatable bonds is 4. The molecule has 0 spiro atoms. The molecule has 3 nitrogen and oxygen atoms in total. The maximum Gasteiger partial charge on any atom is 0.328 e. The van der Waals surface area contributed by atoms with Crippen molar-refractivity contribution < 1.29 is 14.7 Å². The molecule has 0 aliphatic carbocycles. The van der Waals surface area contributed by atoms with Crippen LogP contribution in [0.2, 0.25) is 0 Å². The van der Waals surface area contributed by atoms with Gasteiger partial charge in [-0.05, 0) is 17.7 Å². The predicted octanol–water partition coefficient (Wildman–Crippen LogP) is 2.15. The lowest BCUT2D eigenvalue weighted by Gasteiger charge is -1.96. The molecule has 0 bridgehead atoms. The first-order valence-electron chi connectivity index (χ1n) is 4.31. The molecule has 0 radical (unpaired) electrons. The average molecular weight is 202 g/mol. The normalized spacial score (nSPS) is 10.1. The molecule has 76 valence electrons. The van der Waals surface area contributed by atoms with Gasteiger partial charge in [0.1, 0.15) is 0 Å². The van der Waals surface area contributed by atoms with Crippen molar-refractivity contribution in [2.24, 2.45) is 0 Å². The van der Waals surface area contributed by atoms with Crippen LogP contribution in [0.25, 0.3) is 6.08 Å². The Bertz CT molecular complexity index is 413. The lowest BCUT2D eigenvalue weighted by atomic mass is 10.1. The van der Waals surface area contributed by atoms with Crippen LogP contribution in [-0.2, 0) is 4.79 Å². The summed E-state index contributed by atoms with van der Waals surface area (Å²) in [6.07, 6.45) is 3.75. The number of hydrogen-bond donors (Lipinski definition) is 1. The van der Waals surface area contributed by atoms with Crippen molar-refractivity contribution in [1.29, 1.82) is 0 Å². The highest BCUT2D eigenvalue weighted by Crippen LogP contribution is 2.07. The number of carbonyl (C=O) groups excluding carboxylic acids is 1. The highest BCUT2D eigenvalue weighted by Gasteiger charge is 1.99. The summed E-state index contributed by atoms with van der Waals surface area (Å²) in [5.74, 6) is -1.15. The zero-order chi connectivity index (χ0) is 11.3. The van der Waals surface area contributed by atoms with Gasteiger partial charge in [-0.25, -0.2) is 4.79 Å². The predicted molar refractivity (Wildman–Crippen MR) is 57.6 cm³/mol. The van der Waals surface area contributed by atoms with Crippen molar-refractivity contribution in [2.45, 2.75) is 0 Å². The summed E-state index contributed by atoms with van der Waals surface area (Å²) in [7, 11) is 0. The molecule has 1 rings (SSSR count). The molecule has 1 N–H and O–H groups in total. The van der Waals surface area contributed by atoms with Crippen LogP contribution in [0.4, 0.5) is 0 Å². The third-order valence-electron chi connectivity index (χ3n) is 1.80. The number of ketones is 1. The lowest BCUT2D eigenvalue weighted by molar-refractivity contribution is -0.131. The summed E-state index contributed by atoms with van der Waals surface area (Å²) < 4.78 is 0. The molecular formula is C12H10O3. The van der Waals surface area contributed by atoms with Gasteiger partial charge in [0, 0.05) is 11.6 Å². The fourth-order valence-corrected chi connectivity index (χ4v) is 1.04. The third kappa shape index (κ3) is 3.23. The van der Waals surface area contributed by atoms with E-state index in [9.17, 15) is 9.59 Å². The first-order chi connectivity index (χ1) is 7.13. The Kier molecular flexibility index (Phi) is 3.57. The Hall–Kier alpha value is -2.16. The van der Waals surface area contributed by atoms with Gasteiger partial charge < -0.3 is 5.11 Å². The molecule has 0 aliphatic rings. The van der Waals surface area contributed by atoms with E-state index < -0.39 is 5.97 Å². The van der Waals surface area contributed by atoms with Crippen molar-refractivity contribution in [1.82, 2.24) is 0 Å².